The number of benzene rings is 2. The smallest absolute Gasteiger partial charge is 0.224 e. The number of ether oxygens (including phenoxy) is 2. The Morgan fingerprint density at radius 1 is 0.963 bits per heavy atom. The van der Waals surface area contributed by atoms with Crippen molar-refractivity contribution in [1.29, 1.82) is 0 Å². The second-order valence-electron chi connectivity index (χ2n) is 7.63. The number of hydrogen-bond acceptors (Lipinski definition) is 4. The number of Topliss-reactive ketones (excluding diaryl/α,β-unsaturated/α-hetero) is 1. The van der Waals surface area contributed by atoms with Gasteiger partial charge in [-0.15, -0.1) is 0 Å². The van der Waals surface area contributed by atoms with E-state index in [2.05, 4.69) is 26.1 Å². The SMILES string of the molecule is CC(C)(C)c1ccccc1NC(=O)CCC(=O)c1ccc2c(c1)OCCO2. The highest BCUT2D eigenvalue weighted by Gasteiger charge is 2.19. The summed E-state index contributed by atoms with van der Waals surface area (Å²) in [6.45, 7) is 7.28. The van der Waals surface area contributed by atoms with Crippen molar-refractivity contribution in [1.82, 2.24) is 0 Å². The second-order valence-corrected chi connectivity index (χ2v) is 7.63. The van der Waals surface area contributed by atoms with E-state index in [0.717, 1.165) is 11.3 Å². The molecule has 1 heterocycles. The number of carbonyl (C=O) groups is 2. The van der Waals surface area contributed by atoms with Gasteiger partial charge >= 0.3 is 0 Å². The van der Waals surface area contributed by atoms with E-state index in [1.807, 2.05) is 24.3 Å². The number of carbonyl (C=O) groups excluding carboxylic acids is 2. The molecular formula is C22H25NO4. The van der Waals surface area contributed by atoms with Crippen LogP contribution >= 0.6 is 0 Å². The Morgan fingerprint density at radius 3 is 2.41 bits per heavy atom. The van der Waals surface area contributed by atoms with Crippen LogP contribution in [0.2, 0.25) is 0 Å². The topological polar surface area (TPSA) is 64.6 Å². The molecule has 0 unspecified atom stereocenters. The fraction of sp³-hybridized carbons (Fsp3) is 0.364. The van der Waals surface area contributed by atoms with Crippen LogP contribution in [-0.2, 0) is 10.2 Å². The largest absolute Gasteiger partial charge is 0.486 e. The van der Waals surface area contributed by atoms with Gasteiger partial charge in [-0.05, 0) is 35.2 Å². The lowest BCUT2D eigenvalue weighted by atomic mass is 9.86. The first-order valence-corrected chi connectivity index (χ1v) is 9.17. The van der Waals surface area contributed by atoms with Gasteiger partial charge in [0.2, 0.25) is 5.91 Å². The van der Waals surface area contributed by atoms with Crippen LogP contribution in [0.25, 0.3) is 0 Å². The van der Waals surface area contributed by atoms with Gasteiger partial charge in [0.15, 0.2) is 17.3 Å². The summed E-state index contributed by atoms with van der Waals surface area (Å²) in [5, 5.41) is 2.94. The fourth-order valence-corrected chi connectivity index (χ4v) is 3.05. The monoisotopic (exact) mass is 367 g/mol. The quantitative estimate of drug-likeness (QED) is 0.798. The zero-order chi connectivity index (χ0) is 19.4. The number of anilines is 1. The van der Waals surface area contributed by atoms with E-state index < -0.39 is 0 Å². The summed E-state index contributed by atoms with van der Waals surface area (Å²) >= 11 is 0. The van der Waals surface area contributed by atoms with Crippen LogP contribution < -0.4 is 14.8 Å². The Kier molecular flexibility index (Phi) is 5.49. The number of fused-ring (bicyclic) bond motifs is 1. The lowest BCUT2D eigenvalue weighted by molar-refractivity contribution is -0.116. The standard InChI is InChI=1S/C22H25NO4/c1-22(2,3)16-6-4-5-7-17(16)23-21(25)11-9-18(24)15-8-10-19-20(14-15)27-13-12-26-19/h4-8,10,14H,9,11-13H2,1-3H3,(H,23,25). The molecule has 1 N–H and O–H groups in total. The molecule has 0 bridgehead atoms. The maximum absolute atomic E-state index is 12.4. The highest BCUT2D eigenvalue weighted by molar-refractivity contribution is 6.00. The molecule has 0 atom stereocenters. The number of ketones is 1. The minimum Gasteiger partial charge on any atom is -0.486 e. The molecule has 0 fully saturated rings. The van der Waals surface area contributed by atoms with E-state index in [1.165, 1.54) is 0 Å². The zero-order valence-corrected chi connectivity index (χ0v) is 16.0. The average Bonchev–Trinajstić information content (AvgIpc) is 2.65. The summed E-state index contributed by atoms with van der Waals surface area (Å²) in [4.78, 5) is 24.8. The Bertz CT molecular complexity index is 852. The Hall–Kier alpha value is -2.82. The van der Waals surface area contributed by atoms with Crippen molar-refractivity contribution in [3.05, 3.63) is 53.6 Å². The number of amides is 1. The average molecular weight is 367 g/mol. The summed E-state index contributed by atoms with van der Waals surface area (Å²) in [6.07, 6.45) is 0.273. The molecule has 142 valence electrons. The third kappa shape index (κ3) is 4.67. The van der Waals surface area contributed by atoms with Crippen molar-refractivity contribution in [3.63, 3.8) is 0 Å². The number of nitrogens with one attached hydrogen (secondary N) is 1. The van der Waals surface area contributed by atoms with Gasteiger partial charge in [0, 0.05) is 24.1 Å². The zero-order valence-electron chi connectivity index (χ0n) is 16.0. The van der Waals surface area contributed by atoms with E-state index in [4.69, 9.17) is 9.47 Å². The van der Waals surface area contributed by atoms with Gasteiger partial charge in [-0.25, -0.2) is 0 Å². The van der Waals surface area contributed by atoms with Gasteiger partial charge < -0.3 is 14.8 Å². The Morgan fingerprint density at radius 2 is 1.67 bits per heavy atom. The lowest BCUT2D eigenvalue weighted by Crippen LogP contribution is -2.19. The van der Waals surface area contributed by atoms with Crippen molar-refractivity contribution < 1.29 is 19.1 Å². The minimum atomic E-state index is -0.169. The fourth-order valence-electron chi connectivity index (χ4n) is 3.05. The first-order valence-electron chi connectivity index (χ1n) is 9.17. The van der Waals surface area contributed by atoms with Crippen LogP contribution in [0.3, 0.4) is 0 Å². The van der Waals surface area contributed by atoms with E-state index in [1.54, 1.807) is 18.2 Å². The summed E-state index contributed by atoms with van der Waals surface area (Å²) in [6, 6.07) is 12.9. The minimum absolute atomic E-state index is 0.0785. The second kappa shape index (κ2) is 7.82. The molecule has 2 aromatic rings. The van der Waals surface area contributed by atoms with Crippen molar-refractivity contribution in [2.24, 2.45) is 0 Å². The van der Waals surface area contributed by atoms with Gasteiger partial charge in [-0.2, -0.15) is 0 Å². The van der Waals surface area contributed by atoms with Crippen LogP contribution in [0.5, 0.6) is 11.5 Å². The van der Waals surface area contributed by atoms with Crippen LogP contribution in [0.15, 0.2) is 42.5 Å². The molecule has 0 spiro atoms. The van der Waals surface area contributed by atoms with Crippen molar-refractivity contribution in [3.8, 4) is 11.5 Å². The number of para-hydroxylation sites is 1. The summed E-state index contributed by atoms with van der Waals surface area (Å²) < 4.78 is 11.0. The first-order chi connectivity index (χ1) is 12.8. The predicted octanol–water partition coefficient (Wildman–Crippen LogP) is 4.36. The summed E-state index contributed by atoms with van der Waals surface area (Å²) in [5.74, 6) is 0.966. The van der Waals surface area contributed by atoms with Crippen LogP contribution in [0.1, 0.15) is 49.5 Å². The van der Waals surface area contributed by atoms with E-state index >= 15 is 0 Å². The highest BCUT2D eigenvalue weighted by atomic mass is 16.6. The molecule has 0 radical (unpaired) electrons. The van der Waals surface area contributed by atoms with Crippen molar-refractivity contribution in [2.75, 3.05) is 18.5 Å². The molecule has 1 amide bonds. The lowest BCUT2D eigenvalue weighted by Gasteiger charge is -2.23. The van der Waals surface area contributed by atoms with Gasteiger partial charge in [-0.1, -0.05) is 39.0 Å². The highest BCUT2D eigenvalue weighted by Crippen LogP contribution is 2.31. The maximum atomic E-state index is 12.4. The van der Waals surface area contributed by atoms with Gasteiger partial charge in [-0.3, -0.25) is 9.59 Å². The summed E-state index contributed by atoms with van der Waals surface area (Å²) in [7, 11) is 0. The van der Waals surface area contributed by atoms with Crippen LogP contribution in [-0.4, -0.2) is 24.9 Å². The van der Waals surface area contributed by atoms with Crippen molar-refractivity contribution in [2.45, 2.75) is 39.0 Å². The van der Waals surface area contributed by atoms with Gasteiger partial charge in [0.1, 0.15) is 13.2 Å². The van der Waals surface area contributed by atoms with Gasteiger partial charge in [0.05, 0.1) is 0 Å². The first kappa shape index (κ1) is 19.0. The molecule has 2 aromatic carbocycles. The number of hydrogen-bond donors (Lipinski definition) is 1. The number of rotatable bonds is 5. The third-order valence-electron chi connectivity index (χ3n) is 4.45. The summed E-state index contributed by atoms with van der Waals surface area (Å²) in [5.41, 5.74) is 2.31. The molecule has 0 aromatic heterocycles. The Balaban J connectivity index is 1.61. The van der Waals surface area contributed by atoms with E-state index in [0.29, 0.717) is 30.3 Å². The molecule has 3 rings (SSSR count). The Labute approximate surface area is 159 Å². The molecule has 1 aliphatic heterocycles. The van der Waals surface area contributed by atoms with Crippen LogP contribution in [0, 0.1) is 0 Å². The third-order valence-corrected chi connectivity index (χ3v) is 4.45. The molecule has 0 aliphatic carbocycles. The molecule has 0 saturated heterocycles. The van der Waals surface area contributed by atoms with Gasteiger partial charge in [0.25, 0.3) is 0 Å². The van der Waals surface area contributed by atoms with Crippen molar-refractivity contribution >= 4 is 17.4 Å². The maximum Gasteiger partial charge on any atom is 0.224 e. The van der Waals surface area contributed by atoms with Crippen LogP contribution in [0.4, 0.5) is 5.69 Å². The molecule has 5 nitrogen and oxygen atoms in total. The molecular weight excluding hydrogens is 342 g/mol. The molecule has 0 saturated carbocycles. The van der Waals surface area contributed by atoms with E-state index in [9.17, 15) is 9.59 Å². The van der Waals surface area contributed by atoms with E-state index in [-0.39, 0.29) is 29.9 Å². The molecule has 1 aliphatic rings. The predicted molar refractivity (Wildman–Crippen MR) is 105 cm³/mol. The molecule has 27 heavy (non-hydrogen) atoms. The normalized spacial score (nSPS) is 13.1. The molecule has 5 heteroatoms.